The Bertz CT molecular complexity index is 2630. The first-order valence-corrected chi connectivity index (χ1v) is 21.8. The summed E-state index contributed by atoms with van der Waals surface area (Å²) in [6.07, 6.45) is 3.41. The monoisotopic (exact) mass is 850 g/mol. The van der Waals surface area contributed by atoms with E-state index in [2.05, 4.69) is 87.9 Å². The molecular formula is C47H54N12O4. The molecule has 6 heterocycles. The lowest BCUT2D eigenvalue weighted by Gasteiger charge is -2.40. The Hall–Kier alpha value is -6.65. The molecule has 9 rings (SSSR count). The third kappa shape index (κ3) is 8.99. The standard InChI is InChI=1S/C47H54N12O4/c1-29-24-32(8-13-36(29)41(48)53-43(61)44-54-45(55-63-44)47(2,3)4)40-37-26-38(51-42(37)50-28-49-40)31-6-5-7-35(25-31)58-22-20-56(21-23-58)27-30-14-17-57(18-15-30)33-9-11-34(12-10-33)59-19-16-39(60)52-46(59)62/h5-13,24-26,28,30,41H,14-23,27,48H2,1-4H3,(H,53,61)(H,49,50,51)(H,52,60,62)/t41-/m0/s1. The maximum Gasteiger partial charge on any atom is 0.328 e. The summed E-state index contributed by atoms with van der Waals surface area (Å²) in [5.41, 5.74) is 15.5. The van der Waals surface area contributed by atoms with E-state index in [1.165, 1.54) is 11.4 Å². The number of aromatic nitrogens is 5. The van der Waals surface area contributed by atoms with E-state index in [4.69, 9.17) is 15.2 Å². The fourth-order valence-corrected chi connectivity index (χ4v) is 8.85. The predicted molar refractivity (Wildman–Crippen MR) is 242 cm³/mol. The minimum absolute atomic E-state index is 0.126. The molecule has 3 aliphatic heterocycles. The number of carbonyl (C=O) groups excluding carboxylic acids is 3. The Labute approximate surface area is 366 Å². The molecule has 0 saturated carbocycles. The zero-order valence-corrected chi connectivity index (χ0v) is 36.2. The fraction of sp³-hybridized carbons (Fsp3) is 0.383. The van der Waals surface area contributed by atoms with Crippen LogP contribution < -0.4 is 31.1 Å². The van der Waals surface area contributed by atoms with Crippen LogP contribution in [-0.4, -0.2) is 100 Å². The number of piperazine rings is 1. The second-order valence-electron chi connectivity index (χ2n) is 17.9. The summed E-state index contributed by atoms with van der Waals surface area (Å²) in [7, 11) is 0. The second-order valence-corrected chi connectivity index (χ2v) is 17.9. The van der Waals surface area contributed by atoms with Crippen molar-refractivity contribution >= 4 is 45.9 Å². The first-order valence-electron chi connectivity index (χ1n) is 21.8. The number of anilines is 3. The first kappa shape index (κ1) is 41.7. The van der Waals surface area contributed by atoms with E-state index < -0.39 is 12.1 Å². The Kier molecular flexibility index (Phi) is 11.4. The van der Waals surface area contributed by atoms with Gasteiger partial charge in [0.1, 0.15) is 18.1 Å². The molecule has 0 aliphatic carbocycles. The lowest BCUT2D eigenvalue weighted by Crippen LogP contribution is -2.49. The van der Waals surface area contributed by atoms with Gasteiger partial charge in [0, 0.05) is 103 Å². The van der Waals surface area contributed by atoms with Crippen molar-refractivity contribution in [2.24, 2.45) is 11.7 Å². The summed E-state index contributed by atoms with van der Waals surface area (Å²) in [4.78, 5) is 62.9. The summed E-state index contributed by atoms with van der Waals surface area (Å²) in [6, 6.07) is 24.5. The Balaban J connectivity index is 0.789. The van der Waals surface area contributed by atoms with Gasteiger partial charge in [0.05, 0.1) is 5.69 Å². The van der Waals surface area contributed by atoms with E-state index >= 15 is 0 Å². The number of nitrogens with two attached hydrogens (primary N) is 1. The molecule has 3 aromatic heterocycles. The number of carbonyl (C=O) groups is 3. The zero-order chi connectivity index (χ0) is 43.8. The van der Waals surface area contributed by atoms with E-state index in [1.54, 1.807) is 11.2 Å². The van der Waals surface area contributed by atoms with Crippen LogP contribution in [0.4, 0.5) is 21.9 Å². The number of aryl methyl sites for hydroxylation is 1. The highest BCUT2D eigenvalue weighted by molar-refractivity contribution is 6.05. The van der Waals surface area contributed by atoms with E-state index in [0.717, 1.165) is 109 Å². The number of urea groups is 1. The molecule has 326 valence electrons. The molecule has 16 heteroatoms. The number of imide groups is 1. The number of nitrogens with one attached hydrogen (secondary N) is 3. The third-order valence-electron chi connectivity index (χ3n) is 12.5. The van der Waals surface area contributed by atoms with Gasteiger partial charge in [-0.1, -0.05) is 50.2 Å². The number of hydrogen-bond donors (Lipinski definition) is 4. The largest absolute Gasteiger partial charge is 0.372 e. The van der Waals surface area contributed by atoms with Gasteiger partial charge in [-0.15, -0.1) is 0 Å². The number of fused-ring (bicyclic) bond motifs is 1. The van der Waals surface area contributed by atoms with Gasteiger partial charge < -0.3 is 30.4 Å². The molecule has 0 radical (unpaired) electrons. The van der Waals surface area contributed by atoms with Crippen molar-refractivity contribution < 1.29 is 18.9 Å². The second kappa shape index (κ2) is 17.3. The molecule has 3 aromatic carbocycles. The highest BCUT2D eigenvalue weighted by Crippen LogP contribution is 2.34. The molecule has 16 nitrogen and oxygen atoms in total. The average Bonchev–Trinajstić information content (AvgIpc) is 3.97. The molecule has 1 atom stereocenters. The van der Waals surface area contributed by atoms with Crippen LogP contribution in [0.1, 0.15) is 73.8 Å². The van der Waals surface area contributed by atoms with Crippen molar-refractivity contribution in [3.63, 3.8) is 0 Å². The van der Waals surface area contributed by atoms with Crippen molar-refractivity contribution in [1.82, 2.24) is 40.6 Å². The van der Waals surface area contributed by atoms with Crippen LogP contribution in [-0.2, 0) is 10.2 Å². The summed E-state index contributed by atoms with van der Waals surface area (Å²) in [5.74, 6) is 0.234. The maximum absolute atomic E-state index is 12.9. The molecule has 0 bridgehead atoms. The SMILES string of the molecule is Cc1cc(-c2ncnc3[nH]c(-c4cccc(N5CCN(CC6CCN(c7ccc(N8CCC(=O)NC8=O)cc7)CC6)CC5)c4)cc23)ccc1[C@@H](N)NC(=O)c1nc(C(C)(C)C)no1. The molecule has 5 N–H and O–H groups in total. The van der Waals surface area contributed by atoms with Crippen molar-refractivity contribution in [1.29, 1.82) is 0 Å². The number of amides is 4. The molecule has 4 amide bonds. The predicted octanol–water partition coefficient (Wildman–Crippen LogP) is 6.15. The highest BCUT2D eigenvalue weighted by atomic mass is 16.5. The normalized spacial score (nSPS) is 17.3. The van der Waals surface area contributed by atoms with Gasteiger partial charge in [0.15, 0.2) is 5.82 Å². The number of rotatable bonds is 10. The van der Waals surface area contributed by atoms with E-state index in [-0.39, 0.29) is 23.2 Å². The summed E-state index contributed by atoms with van der Waals surface area (Å²) < 4.78 is 5.20. The van der Waals surface area contributed by atoms with Crippen molar-refractivity contribution in [3.05, 3.63) is 102 Å². The van der Waals surface area contributed by atoms with Crippen molar-refractivity contribution in [2.75, 3.05) is 67.1 Å². The Morgan fingerprint density at radius 2 is 1.62 bits per heavy atom. The number of aromatic amines is 1. The fourth-order valence-electron chi connectivity index (χ4n) is 8.85. The molecule has 3 aliphatic rings. The van der Waals surface area contributed by atoms with Crippen LogP contribution in [0.5, 0.6) is 0 Å². The Morgan fingerprint density at radius 1 is 0.873 bits per heavy atom. The summed E-state index contributed by atoms with van der Waals surface area (Å²) >= 11 is 0. The van der Waals surface area contributed by atoms with Crippen LogP contribution in [0.2, 0.25) is 0 Å². The molecule has 63 heavy (non-hydrogen) atoms. The molecular weight excluding hydrogens is 797 g/mol. The lowest BCUT2D eigenvalue weighted by molar-refractivity contribution is -0.120. The van der Waals surface area contributed by atoms with E-state index in [1.807, 2.05) is 58.0 Å². The van der Waals surface area contributed by atoms with Gasteiger partial charge in [0.2, 0.25) is 5.91 Å². The van der Waals surface area contributed by atoms with Crippen molar-refractivity contribution in [3.8, 4) is 22.5 Å². The molecule has 3 fully saturated rings. The number of piperidine rings is 1. The van der Waals surface area contributed by atoms with Gasteiger partial charge >= 0.3 is 17.8 Å². The van der Waals surface area contributed by atoms with Crippen LogP contribution in [0.3, 0.4) is 0 Å². The van der Waals surface area contributed by atoms with Gasteiger partial charge in [0.25, 0.3) is 0 Å². The minimum atomic E-state index is -0.786. The highest BCUT2D eigenvalue weighted by Gasteiger charge is 2.28. The number of H-pyrrole nitrogens is 1. The number of hydrogen-bond acceptors (Lipinski definition) is 12. The van der Waals surface area contributed by atoms with Crippen molar-refractivity contribution in [2.45, 2.75) is 58.5 Å². The first-order chi connectivity index (χ1) is 30.4. The quantitative estimate of drug-likeness (QED) is 0.115. The van der Waals surface area contributed by atoms with Gasteiger partial charge in [-0.05, 0) is 85.3 Å². The molecule has 3 saturated heterocycles. The molecule has 6 aromatic rings. The molecule has 0 spiro atoms. The molecule has 0 unspecified atom stereocenters. The van der Waals surface area contributed by atoms with Crippen LogP contribution >= 0.6 is 0 Å². The van der Waals surface area contributed by atoms with Crippen LogP contribution in [0, 0.1) is 12.8 Å². The van der Waals surface area contributed by atoms with E-state index in [9.17, 15) is 14.4 Å². The van der Waals surface area contributed by atoms with Crippen LogP contribution in [0.15, 0.2) is 83.6 Å². The topological polar surface area (TPSA) is 195 Å². The van der Waals surface area contributed by atoms with Gasteiger partial charge in [-0.2, -0.15) is 4.98 Å². The summed E-state index contributed by atoms with van der Waals surface area (Å²) in [5, 5.41) is 10.0. The van der Waals surface area contributed by atoms with Crippen LogP contribution in [0.25, 0.3) is 33.5 Å². The third-order valence-corrected chi connectivity index (χ3v) is 12.5. The Morgan fingerprint density at radius 3 is 2.33 bits per heavy atom. The maximum atomic E-state index is 12.9. The number of benzene rings is 3. The minimum Gasteiger partial charge on any atom is -0.372 e. The summed E-state index contributed by atoms with van der Waals surface area (Å²) in [6.45, 7) is 15.3. The lowest BCUT2D eigenvalue weighted by atomic mass is 9.95. The number of nitrogens with zero attached hydrogens (tertiary/aromatic N) is 8. The van der Waals surface area contributed by atoms with Gasteiger partial charge in [-0.25, -0.2) is 14.8 Å². The smallest absolute Gasteiger partial charge is 0.328 e. The average molecular weight is 851 g/mol. The van der Waals surface area contributed by atoms with Gasteiger partial charge in [-0.3, -0.25) is 24.7 Å². The van der Waals surface area contributed by atoms with E-state index in [0.29, 0.717) is 24.7 Å². The zero-order valence-electron chi connectivity index (χ0n) is 36.2.